The number of carboxylic acid groups (broad SMARTS) is 1. The maximum atomic E-state index is 10.9. The number of carboxylic acids is 1. The van der Waals surface area contributed by atoms with Crippen molar-refractivity contribution in [3.63, 3.8) is 0 Å². The molecule has 0 saturated heterocycles. The SMILES string of the molecule is CCN(CCO)c1nc(C(=O)O)ccc1[N+](=O)[O-]. The van der Waals surface area contributed by atoms with Crippen molar-refractivity contribution in [1.29, 1.82) is 0 Å². The Morgan fingerprint density at radius 1 is 1.56 bits per heavy atom. The van der Waals surface area contributed by atoms with E-state index in [1.165, 1.54) is 4.90 Å². The van der Waals surface area contributed by atoms with Gasteiger partial charge in [0.15, 0.2) is 5.69 Å². The van der Waals surface area contributed by atoms with Gasteiger partial charge in [0.2, 0.25) is 5.82 Å². The third-order valence-electron chi connectivity index (χ3n) is 2.32. The number of hydrogen-bond acceptors (Lipinski definition) is 6. The van der Waals surface area contributed by atoms with Crippen LogP contribution in [0.3, 0.4) is 0 Å². The smallest absolute Gasteiger partial charge is 0.354 e. The fraction of sp³-hybridized carbons (Fsp3) is 0.400. The highest BCUT2D eigenvalue weighted by atomic mass is 16.6. The lowest BCUT2D eigenvalue weighted by molar-refractivity contribution is -0.384. The second-order valence-corrected chi connectivity index (χ2v) is 3.40. The molecule has 2 N–H and O–H groups in total. The topological polar surface area (TPSA) is 117 Å². The van der Waals surface area contributed by atoms with Crippen molar-refractivity contribution in [2.24, 2.45) is 0 Å². The van der Waals surface area contributed by atoms with Gasteiger partial charge in [-0.05, 0) is 13.0 Å². The van der Waals surface area contributed by atoms with Crippen LogP contribution in [0.4, 0.5) is 11.5 Å². The number of rotatable bonds is 6. The molecule has 0 spiro atoms. The Morgan fingerprint density at radius 3 is 2.67 bits per heavy atom. The summed E-state index contributed by atoms with van der Waals surface area (Å²) in [6, 6.07) is 2.18. The van der Waals surface area contributed by atoms with Gasteiger partial charge in [-0.1, -0.05) is 0 Å². The quantitative estimate of drug-likeness (QED) is 0.561. The molecule has 1 aromatic rings. The molecule has 0 unspecified atom stereocenters. The zero-order valence-corrected chi connectivity index (χ0v) is 9.74. The Labute approximate surface area is 103 Å². The summed E-state index contributed by atoms with van der Waals surface area (Å²) in [6.07, 6.45) is 0. The number of aliphatic hydroxyl groups excluding tert-OH is 1. The first-order chi connectivity index (χ1) is 8.51. The molecule has 1 rings (SSSR count). The summed E-state index contributed by atoms with van der Waals surface area (Å²) in [7, 11) is 0. The molecule has 0 amide bonds. The van der Waals surface area contributed by atoms with E-state index in [0.29, 0.717) is 6.54 Å². The van der Waals surface area contributed by atoms with Gasteiger partial charge in [-0.25, -0.2) is 9.78 Å². The van der Waals surface area contributed by atoms with E-state index in [2.05, 4.69) is 4.98 Å². The van der Waals surface area contributed by atoms with Crippen LogP contribution in [0, 0.1) is 10.1 Å². The summed E-state index contributed by atoms with van der Waals surface area (Å²) in [6.45, 7) is 2.05. The number of anilines is 1. The fourth-order valence-electron chi connectivity index (χ4n) is 1.47. The van der Waals surface area contributed by atoms with Crippen LogP contribution < -0.4 is 4.90 Å². The Morgan fingerprint density at radius 2 is 2.22 bits per heavy atom. The molecule has 1 aromatic heterocycles. The van der Waals surface area contributed by atoms with E-state index in [9.17, 15) is 14.9 Å². The van der Waals surface area contributed by atoms with Gasteiger partial charge in [0, 0.05) is 19.2 Å². The molecule has 0 bridgehead atoms. The second kappa shape index (κ2) is 5.92. The lowest BCUT2D eigenvalue weighted by atomic mass is 10.3. The van der Waals surface area contributed by atoms with E-state index in [1.54, 1.807) is 6.92 Å². The highest BCUT2D eigenvalue weighted by molar-refractivity contribution is 5.86. The molecule has 8 heteroatoms. The van der Waals surface area contributed by atoms with Gasteiger partial charge in [-0.15, -0.1) is 0 Å². The molecule has 0 atom stereocenters. The summed E-state index contributed by atoms with van der Waals surface area (Å²) < 4.78 is 0. The molecule has 0 saturated carbocycles. The largest absolute Gasteiger partial charge is 0.477 e. The van der Waals surface area contributed by atoms with Crippen molar-refractivity contribution in [3.8, 4) is 0 Å². The van der Waals surface area contributed by atoms with Crippen molar-refractivity contribution >= 4 is 17.5 Å². The van der Waals surface area contributed by atoms with Gasteiger partial charge in [-0.2, -0.15) is 0 Å². The number of nitro groups is 1. The predicted molar refractivity (Wildman–Crippen MR) is 62.8 cm³/mol. The van der Waals surface area contributed by atoms with Crippen LogP contribution in [0.15, 0.2) is 12.1 Å². The van der Waals surface area contributed by atoms with E-state index in [0.717, 1.165) is 12.1 Å². The third-order valence-corrected chi connectivity index (χ3v) is 2.32. The van der Waals surface area contributed by atoms with Crippen LogP contribution in [0.1, 0.15) is 17.4 Å². The van der Waals surface area contributed by atoms with Crippen molar-refractivity contribution in [2.45, 2.75) is 6.92 Å². The van der Waals surface area contributed by atoms with Gasteiger partial charge in [-0.3, -0.25) is 10.1 Å². The Balaban J connectivity index is 3.29. The Bertz CT molecular complexity index is 463. The molecule has 98 valence electrons. The van der Waals surface area contributed by atoms with E-state index in [1.807, 2.05) is 0 Å². The summed E-state index contributed by atoms with van der Waals surface area (Å²) in [5.41, 5.74) is -0.553. The molecule has 0 aromatic carbocycles. The van der Waals surface area contributed by atoms with Crippen molar-refractivity contribution in [2.75, 3.05) is 24.6 Å². The normalized spacial score (nSPS) is 10.1. The van der Waals surface area contributed by atoms with E-state index in [4.69, 9.17) is 10.2 Å². The van der Waals surface area contributed by atoms with Gasteiger partial charge in [0.05, 0.1) is 11.5 Å². The lowest BCUT2D eigenvalue weighted by Gasteiger charge is -2.20. The molecule has 0 aliphatic heterocycles. The molecule has 18 heavy (non-hydrogen) atoms. The van der Waals surface area contributed by atoms with Crippen molar-refractivity contribution in [1.82, 2.24) is 4.98 Å². The molecule has 0 aliphatic carbocycles. The maximum Gasteiger partial charge on any atom is 0.354 e. The van der Waals surface area contributed by atoms with Crippen LogP contribution in [0.25, 0.3) is 0 Å². The van der Waals surface area contributed by atoms with Crippen LogP contribution in [-0.2, 0) is 0 Å². The predicted octanol–water partition coefficient (Wildman–Crippen LogP) is 0.507. The lowest BCUT2D eigenvalue weighted by Crippen LogP contribution is -2.28. The number of carbonyl (C=O) groups is 1. The number of pyridine rings is 1. The van der Waals surface area contributed by atoms with Crippen molar-refractivity contribution in [3.05, 3.63) is 27.9 Å². The summed E-state index contributed by atoms with van der Waals surface area (Å²) in [5, 5.41) is 28.6. The number of hydrogen-bond donors (Lipinski definition) is 2. The number of aromatic nitrogens is 1. The summed E-state index contributed by atoms with van der Waals surface area (Å²) >= 11 is 0. The zero-order valence-electron chi connectivity index (χ0n) is 9.74. The number of aromatic carboxylic acids is 1. The monoisotopic (exact) mass is 255 g/mol. The second-order valence-electron chi connectivity index (χ2n) is 3.40. The first-order valence-electron chi connectivity index (χ1n) is 5.25. The molecule has 0 radical (unpaired) electrons. The van der Waals surface area contributed by atoms with Gasteiger partial charge >= 0.3 is 11.7 Å². The Kier molecular flexibility index (Phi) is 4.55. The average molecular weight is 255 g/mol. The van der Waals surface area contributed by atoms with Crippen LogP contribution in [0.2, 0.25) is 0 Å². The molecular weight excluding hydrogens is 242 g/mol. The van der Waals surface area contributed by atoms with Gasteiger partial charge in [0.25, 0.3) is 0 Å². The molecule has 0 fully saturated rings. The van der Waals surface area contributed by atoms with Crippen LogP contribution in [-0.4, -0.2) is 45.8 Å². The first-order valence-corrected chi connectivity index (χ1v) is 5.25. The van der Waals surface area contributed by atoms with Crippen LogP contribution >= 0.6 is 0 Å². The number of aliphatic hydroxyl groups is 1. The van der Waals surface area contributed by atoms with Crippen LogP contribution in [0.5, 0.6) is 0 Å². The third kappa shape index (κ3) is 2.92. The van der Waals surface area contributed by atoms with E-state index >= 15 is 0 Å². The minimum absolute atomic E-state index is 0.0450. The number of nitrogens with zero attached hydrogens (tertiary/aromatic N) is 3. The average Bonchev–Trinajstić information content (AvgIpc) is 2.35. The Hall–Kier alpha value is -2.22. The first kappa shape index (κ1) is 13.8. The molecular formula is C10H13N3O5. The minimum Gasteiger partial charge on any atom is -0.477 e. The highest BCUT2D eigenvalue weighted by Gasteiger charge is 2.22. The maximum absolute atomic E-state index is 10.9. The van der Waals surface area contributed by atoms with Crippen molar-refractivity contribution < 1.29 is 19.9 Å². The number of likely N-dealkylation sites (N-methyl/N-ethyl adjacent to an activating group) is 1. The molecule has 1 heterocycles. The summed E-state index contributed by atoms with van der Waals surface area (Å²) in [4.78, 5) is 26.2. The fourth-order valence-corrected chi connectivity index (χ4v) is 1.47. The van der Waals surface area contributed by atoms with Gasteiger partial charge in [0.1, 0.15) is 0 Å². The van der Waals surface area contributed by atoms with Gasteiger partial charge < -0.3 is 15.1 Å². The molecule has 8 nitrogen and oxygen atoms in total. The standard InChI is InChI=1S/C10H13N3O5/c1-2-12(5-6-14)9-8(13(17)18)4-3-7(11-9)10(15)16/h3-4,14H,2,5-6H2,1H3,(H,15,16). The minimum atomic E-state index is -1.26. The zero-order chi connectivity index (χ0) is 13.7. The van der Waals surface area contributed by atoms with E-state index in [-0.39, 0.29) is 30.4 Å². The highest BCUT2D eigenvalue weighted by Crippen LogP contribution is 2.25. The summed E-state index contributed by atoms with van der Waals surface area (Å²) in [5.74, 6) is -1.30. The molecule has 0 aliphatic rings. The van der Waals surface area contributed by atoms with E-state index < -0.39 is 10.9 Å².